The molecule has 0 saturated carbocycles. The molecule has 0 spiro atoms. The number of carbonyl (C=O) groups excluding carboxylic acids is 2. The van der Waals surface area contributed by atoms with Crippen molar-refractivity contribution in [3.05, 3.63) is 63.6 Å². The molecule has 6 heteroatoms. The number of aryl methyl sites for hydroxylation is 1. The van der Waals surface area contributed by atoms with Crippen LogP contribution >= 0.6 is 23.2 Å². The number of carbonyl (C=O) groups is 2. The lowest BCUT2D eigenvalue weighted by atomic mass is 10.1. The van der Waals surface area contributed by atoms with Gasteiger partial charge in [-0.3, -0.25) is 9.59 Å². The molecule has 2 aromatic rings. The van der Waals surface area contributed by atoms with Gasteiger partial charge in [0, 0.05) is 5.02 Å². The molecule has 0 unspecified atom stereocenters. The fourth-order valence-corrected chi connectivity index (χ4v) is 2.28. The van der Waals surface area contributed by atoms with E-state index in [4.69, 9.17) is 27.9 Å². The summed E-state index contributed by atoms with van der Waals surface area (Å²) in [4.78, 5) is 23.5. The molecular weight excluding hydrogens is 337 g/mol. The number of benzene rings is 2. The molecular formula is C17H15Cl2NO3. The lowest BCUT2D eigenvalue weighted by Gasteiger charge is -2.08. The highest BCUT2D eigenvalue weighted by atomic mass is 35.5. The van der Waals surface area contributed by atoms with E-state index < -0.39 is 11.9 Å². The number of rotatable bonds is 5. The first kappa shape index (κ1) is 17.3. The number of halogens is 2. The molecule has 1 N–H and O–H groups in total. The third-order valence-electron chi connectivity index (χ3n) is 3.02. The third kappa shape index (κ3) is 5.58. The van der Waals surface area contributed by atoms with E-state index in [1.54, 1.807) is 36.4 Å². The van der Waals surface area contributed by atoms with Crippen molar-refractivity contribution in [3.63, 3.8) is 0 Å². The van der Waals surface area contributed by atoms with Crippen LogP contribution in [0.3, 0.4) is 0 Å². The van der Waals surface area contributed by atoms with Crippen LogP contribution in [0.1, 0.15) is 11.1 Å². The molecule has 1 amide bonds. The van der Waals surface area contributed by atoms with E-state index in [1.807, 2.05) is 13.0 Å². The van der Waals surface area contributed by atoms with Crippen LogP contribution in [0.15, 0.2) is 42.5 Å². The molecule has 0 radical (unpaired) electrons. The Morgan fingerprint density at radius 1 is 1.09 bits per heavy atom. The predicted octanol–water partition coefficient (Wildman–Crippen LogP) is 4.03. The molecule has 4 nitrogen and oxygen atoms in total. The van der Waals surface area contributed by atoms with Gasteiger partial charge in [-0.05, 0) is 42.3 Å². The van der Waals surface area contributed by atoms with Crippen LogP contribution in [0.4, 0.5) is 5.69 Å². The lowest BCUT2D eigenvalue weighted by molar-refractivity contribution is -0.146. The number of esters is 1. The first-order valence-corrected chi connectivity index (χ1v) is 7.66. The Balaban J connectivity index is 1.81. The summed E-state index contributed by atoms with van der Waals surface area (Å²) in [7, 11) is 0. The van der Waals surface area contributed by atoms with Crippen LogP contribution in [0.2, 0.25) is 10.0 Å². The molecule has 0 aliphatic carbocycles. The van der Waals surface area contributed by atoms with Crippen molar-refractivity contribution in [2.24, 2.45) is 0 Å². The van der Waals surface area contributed by atoms with E-state index in [-0.39, 0.29) is 13.0 Å². The summed E-state index contributed by atoms with van der Waals surface area (Å²) < 4.78 is 4.95. The second kappa shape index (κ2) is 7.99. The molecule has 0 saturated heterocycles. The molecule has 0 atom stereocenters. The Morgan fingerprint density at radius 2 is 1.78 bits per heavy atom. The van der Waals surface area contributed by atoms with E-state index in [0.717, 1.165) is 11.1 Å². The Hall–Kier alpha value is -2.04. The maximum atomic E-state index is 11.8. The molecule has 0 bridgehead atoms. The molecule has 0 fully saturated rings. The Morgan fingerprint density at radius 3 is 2.43 bits per heavy atom. The lowest BCUT2D eigenvalue weighted by Crippen LogP contribution is -2.21. The number of ether oxygens (including phenoxy) is 1. The molecule has 0 aromatic heterocycles. The van der Waals surface area contributed by atoms with Crippen LogP contribution < -0.4 is 5.32 Å². The van der Waals surface area contributed by atoms with Gasteiger partial charge in [-0.15, -0.1) is 0 Å². The second-order valence-corrected chi connectivity index (χ2v) is 5.84. The Kier molecular flexibility index (Phi) is 6.02. The minimum atomic E-state index is -0.488. The van der Waals surface area contributed by atoms with Crippen molar-refractivity contribution >= 4 is 40.8 Å². The van der Waals surface area contributed by atoms with Gasteiger partial charge in [0.05, 0.1) is 17.1 Å². The maximum absolute atomic E-state index is 11.8. The van der Waals surface area contributed by atoms with Crippen molar-refractivity contribution in [1.82, 2.24) is 0 Å². The fraction of sp³-hybridized carbons (Fsp3) is 0.176. The second-order valence-electron chi connectivity index (χ2n) is 5.00. The average Bonchev–Trinajstić information content (AvgIpc) is 2.50. The highest BCUT2D eigenvalue weighted by molar-refractivity contribution is 6.33. The zero-order chi connectivity index (χ0) is 16.8. The summed E-state index contributed by atoms with van der Waals surface area (Å²) in [6, 6.07) is 12.1. The van der Waals surface area contributed by atoms with Crippen LogP contribution in [-0.2, 0) is 20.7 Å². The zero-order valence-corrected chi connectivity index (χ0v) is 13.9. The summed E-state index contributed by atoms with van der Waals surface area (Å²) in [5, 5.41) is 3.63. The van der Waals surface area contributed by atoms with Crippen molar-refractivity contribution in [2.45, 2.75) is 13.3 Å². The van der Waals surface area contributed by atoms with Gasteiger partial charge in [0.25, 0.3) is 5.91 Å². The first-order chi connectivity index (χ1) is 10.9. The van der Waals surface area contributed by atoms with Crippen LogP contribution in [-0.4, -0.2) is 18.5 Å². The van der Waals surface area contributed by atoms with Gasteiger partial charge < -0.3 is 10.1 Å². The van der Waals surface area contributed by atoms with Gasteiger partial charge in [0.15, 0.2) is 6.61 Å². The minimum Gasteiger partial charge on any atom is -0.455 e. The smallest absolute Gasteiger partial charge is 0.310 e. The van der Waals surface area contributed by atoms with E-state index in [2.05, 4.69) is 5.32 Å². The van der Waals surface area contributed by atoms with E-state index in [1.165, 1.54) is 0 Å². The number of anilines is 1. The number of hydrogen-bond donors (Lipinski definition) is 1. The highest BCUT2D eigenvalue weighted by Gasteiger charge is 2.10. The van der Waals surface area contributed by atoms with Gasteiger partial charge in [-0.2, -0.15) is 0 Å². The van der Waals surface area contributed by atoms with E-state index >= 15 is 0 Å². The van der Waals surface area contributed by atoms with Crippen molar-refractivity contribution in [3.8, 4) is 0 Å². The summed E-state index contributed by atoms with van der Waals surface area (Å²) in [6.45, 7) is 1.53. The summed E-state index contributed by atoms with van der Waals surface area (Å²) in [5.74, 6) is -0.933. The SMILES string of the molecule is Cc1ccc(NC(=O)COC(=O)Cc2ccc(Cl)cc2)c(Cl)c1. The Bertz CT molecular complexity index is 714. The van der Waals surface area contributed by atoms with Crippen molar-refractivity contribution < 1.29 is 14.3 Å². The first-order valence-electron chi connectivity index (χ1n) is 6.90. The number of hydrogen-bond acceptors (Lipinski definition) is 3. The molecule has 0 heterocycles. The highest BCUT2D eigenvalue weighted by Crippen LogP contribution is 2.22. The minimum absolute atomic E-state index is 0.0791. The quantitative estimate of drug-likeness (QED) is 0.827. The largest absolute Gasteiger partial charge is 0.455 e. The van der Waals surface area contributed by atoms with Gasteiger partial charge in [-0.25, -0.2) is 0 Å². The van der Waals surface area contributed by atoms with Gasteiger partial charge in [0.1, 0.15) is 0 Å². The molecule has 0 aliphatic rings. The predicted molar refractivity (Wildman–Crippen MR) is 90.9 cm³/mol. The average molecular weight is 352 g/mol. The zero-order valence-electron chi connectivity index (χ0n) is 12.4. The third-order valence-corrected chi connectivity index (χ3v) is 3.59. The van der Waals surface area contributed by atoms with Crippen molar-refractivity contribution in [2.75, 3.05) is 11.9 Å². The fourth-order valence-electron chi connectivity index (χ4n) is 1.87. The standard InChI is InChI=1S/C17H15Cl2NO3/c1-11-2-7-15(14(19)8-11)20-16(21)10-23-17(22)9-12-3-5-13(18)6-4-12/h2-8H,9-10H2,1H3,(H,20,21). The normalized spacial score (nSPS) is 10.2. The summed E-state index contributed by atoms with van der Waals surface area (Å²) >= 11 is 11.8. The van der Waals surface area contributed by atoms with Crippen LogP contribution in [0, 0.1) is 6.92 Å². The summed E-state index contributed by atoms with van der Waals surface area (Å²) in [5.41, 5.74) is 2.24. The van der Waals surface area contributed by atoms with Crippen molar-refractivity contribution in [1.29, 1.82) is 0 Å². The van der Waals surface area contributed by atoms with Crippen LogP contribution in [0.5, 0.6) is 0 Å². The van der Waals surface area contributed by atoms with E-state index in [9.17, 15) is 9.59 Å². The monoisotopic (exact) mass is 351 g/mol. The number of nitrogens with one attached hydrogen (secondary N) is 1. The topological polar surface area (TPSA) is 55.4 Å². The maximum Gasteiger partial charge on any atom is 0.310 e. The Labute approximate surface area is 144 Å². The van der Waals surface area contributed by atoms with Crippen LogP contribution in [0.25, 0.3) is 0 Å². The molecule has 23 heavy (non-hydrogen) atoms. The van der Waals surface area contributed by atoms with E-state index in [0.29, 0.717) is 15.7 Å². The van der Waals surface area contributed by atoms with Gasteiger partial charge in [0.2, 0.25) is 0 Å². The molecule has 0 aliphatic heterocycles. The number of amides is 1. The molecule has 2 aromatic carbocycles. The summed E-state index contributed by atoms with van der Waals surface area (Å²) in [6.07, 6.45) is 0.0791. The molecule has 120 valence electrons. The van der Waals surface area contributed by atoms with Gasteiger partial charge in [-0.1, -0.05) is 41.4 Å². The van der Waals surface area contributed by atoms with Gasteiger partial charge >= 0.3 is 5.97 Å². The molecule has 2 rings (SSSR count).